The van der Waals surface area contributed by atoms with Crippen molar-refractivity contribution in [2.24, 2.45) is 5.11 Å². The highest BCUT2D eigenvalue weighted by Crippen LogP contribution is 2.40. The summed E-state index contributed by atoms with van der Waals surface area (Å²) in [5.74, 6) is -0.974. The zero-order valence-corrected chi connectivity index (χ0v) is 15.3. The predicted octanol–water partition coefficient (Wildman–Crippen LogP) is 1.57. The van der Waals surface area contributed by atoms with Crippen LogP contribution in [0.4, 0.5) is 10.2 Å². The first-order valence-corrected chi connectivity index (χ1v) is 8.49. The lowest BCUT2D eigenvalue weighted by Crippen LogP contribution is -2.44. The SMILES string of the molecule is [N-]=[N+]=N[C@]1(COC(=O)c2cccc(Cl)c2)O[C@@H](n2ccc(N)nc2=O)[C@@H](F)[C@@H]1O. The van der Waals surface area contributed by atoms with Crippen LogP contribution in [0.15, 0.2) is 46.4 Å². The van der Waals surface area contributed by atoms with Crippen molar-refractivity contribution in [2.75, 3.05) is 12.3 Å². The molecule has 2 aromatic rings. The summed E-state index contributed by atoms with van der Waals surface area (Å²) in [5.41, 5.74) is 11.1. The van der Waals surface area contributed by atoms with Crippen LogP contribution >= 0.6 is 11.6 Å². The third kappa shape index (κ3) is 4.00. The molecule has 1 aliphatic rings. The molecule has 4 atom stereocenters. The fourth-order valence-corrected chi connectivity index (χ4v) is 2.94. The van der Waals surface area contributed by atoms with Crippen molar-refractivity contribution in [2.45, 2.75) is 24.2 Å². The van der Waals surface area contributed by atoms with E-state index < -0.39 is 42.5 Å². The van der Waals surface area contributed by atoms with E-state index >= 15 is 0 Å². The smallest absolute Gasteiger partial charge is 0.351 e. The molecule has 0 amide bonds. The zero-order valence-electron chi connectivity index (χ0n) is 14.6. The molecule has 1 aliphatic heterocycles. The van der Waals surface area contributed by atoms with Crippen LogP contribution in [0.5, 0.6) is 0 Å². The largest absolute Gasteiger partial charge is 0.459 e. The van der Waals surface area contributed by atoms with Crippen LogP contribution in [0.3, 0.4) is 0 Å². The van der Waals surface area contributed by atoms with Gasteiger partial charge in [0.15, 0.2) is 12.4 Å². The van der Waals surface area contributed by atoms with Gasteiger partial charge in [-0.05, 0) is 29.8 Å². The number of aromatic nitrogens is 2. The minimum absolute atomic E-state index is 0.0772. The number of hydrogen-bond donors (Lipinski definition) is 2. The molecule has 0 spiro atoms. The van der Waals surface area contributed by atoms with Crippen molar-refractivity contribution in [1.29, 1.82) is 0 Å². The number of nitrogens with zero attached hydrogens (tertiary/aromatic N) is 5. The molecular formula is C16H14ClFN6O5. The second-order valence-electron chi connectivity index (χ2n) is 6.06. The molecule has 1 aromatic carbocycles. The minimum Gasteiger partial charge on any atom is -0.459 e. The molecule has 29 heavy (non-hydrogen) atoms. The molecule has 3 N–H and O–H groups in total. The number of hydrogen-bond acceptors (Lipinski definition) is 8. The van der Waals surface area contributed by atoms with E-state index in [-0.39, 0.29) is 16.4 Å². The maximum atomic E-state index is 14.7. The summed E-state index contributed by atoms with van der Waals surface area (Å²) in [4.78, 5) is 30.2. The molecule has 0 bridgehead atoms. The Balaban J connectivity index is 1.86. The number of azide groups is 1. The van der Waals surface area contributed by atoms with E-state index in [1.54, 1.807) is 6.07 Å². The topological polar surface area (TPSA) is 165 Å². The quantitative estimate of drug-likeness (QED) is 0.318. The first-order chi connectivity index (χ1) is 13.8. The molecule has 1 saturated heterocycles. The highest BCUT2D eigenvalue weighted by atomic mass is 35.5. The van der Waals surface area contributed by atoms with Gasteiger partial charge in [0.05, 0.1) is 5.56 Å². The van der Waals surface area contributed by atoms with Gasteiger partial charge in [-0.2, -0.15) is 4.98 Å². The second-order valence-corrected chi connectivity index (χ2v) is 6.50. The predicted molar refractivity (Wildman–Crippen MR) is 97.5 cm³/mol. The van der Waals surface area contributed by atoms with E-state index in [0.717, 1.165) is 10.8 Å². The van der Waals surface area contributed by atoms with Gasteiger partial charge in [0.1, 0.15) is 18.5 Å². The number of nitrogens with two attached hydrogens (primary N) is 1. The summed E-state index contributed by atoms with van der Waals surface area (Å²) in [6, 6.07) is 7.02. The van der Waals surface area contributed by atoms with Gasteiger partial charge in [-0.3, -0.25) is 4.57 Å². The van der Waals surface area contributed by atoms with E-state index in [4.69, 9.17) is 32.3 Å². The zero-order chi connectivity index (χ0) is 21.2. The first kappa shape index (κ1) is 20.6. The molecule has 152 valence electrons. The molecule has 2 heterocycles. The lowest BCUT2D eigenvalue weighted by molar-refractivity contribution is -0.127. The summed E-state index contributed by atoms with van der Waals surface area (Å²) in [6.45, 7) is -0.822. The monoisotopic (exact) mass is 424 g/mol. The van der Waals surface area contributed by atoms with Crippen LogP contribution in [-0.2, 0) is 9.47 Å². The summed E-state index contributed by atoms with van der Waals surface area (Å²) in [5, 5.41) is 13.9. The van der Waals surface area contributed by atoms with Crippen LogP contribution in [0.1, 0.15) is 16.6 Å². The maximum absolute atomic E-state index is 14.7. The number of carbonyl (C=O) groups excluding carboxylic acids is 1. The Morgan fingerprint density at radius 3 is 2.97 bits per heavy atom. The Morgan fingerprint density at radius 1 is 1.55 bits per heavy atom. The maximum Gasteiger partial charge on any atom is 0.351 e. The number of nitrogen functional groups attached to an aromatic ring is 1. The number of rotatable bonds is 5. The van der Waals surface area contributed by atoms with Gasteiger partial charge < -0.3 is 20.3 Å². The third-order valence-corrected chi connectivity index (χ3v) is 4.41. The van der Waals surface area contributed by atoms with Gasteiger partial charge >= 0.3 is 11.7 Å². The molecular weight excluding hydrogens is 411 g/mol. The fraction of sp³-hybridized carbons (Fsp3) is 0.312. The summed E-state index contributed by atoms with van der Waals surface area (Å²) in [6.07, 6.45) is -4.83. The lowest BCUT2D eigenvalue weighted by Gasteiger charge is -2.25. The number of anilines is 1. The van der Waals surface area contributed by atoms with Crippen molar-refractivity contribution in [1.82, 2.24) is 9.55 Å². The Morgan fingerprint density at radius 2 is 2.31 bits per heavy atom. The highest BCUT2D eigenvalue weighted by molar-refractivity contribution is 6.30. The Kier molecular flexibility index (Phi) is 5.71. The molecule has 0 radical (unpaired) electrons. The van der Waals surface area contributed by atoms with Crippen LogP contribution in [0.25, 0.3) is 10.4 Å². The number of aliphatic hydroxyl groups is 1. The number of aliphatic hydroxyl groups excluding tert-OH is 1. The average molecular weight is 425 g/mol. The van der Waals surface area contributed by atoms with Crippen molar-refractivity contribution >= 4 is 23.4 Å². The second kappa shape index (κ2) is 8.05. The summed E-state index contributed by atoms with van der Waals surface area (Å²) >= 11 is 5.81. The van der Waals surface area contributed by atoms with Crippen LogP contribution in [-0.4, -0.2) is 45.2 Å². The van der Waals surface area contributed by atoms with E-state index in [2.05, 4.69) is 15.0 Å². The van der Waals surface area contributed by atoms with Crippen LogP contribution in [0, 0.1) is 0 Å². The van der Waals surface area contributed by atoms with E-state index in [1.165, 1.54) is 24.3 Å². The number of alkyl halides is 1. The van der Waals surface area contributed by atoms with Gasteiger partial charge in [-0.25, -0.2) is 14.0 Å². The molecule has 0 saturated carbocycles. The molecule has 0 unspecified atom stereocenters. The van der Waals surface area contributed by atoms with Crippen LogP contribution < -0.4 is 11.4 Å². The Bertz CT molecular complexity index is 1040. The van der Waals surface area contributed by atoms with Crippen LogP contribution in [0.2, 0.25) is 5.02 Å². The Hall–Kier alpha value is -3.18. The van der Waals surface area contributed by atoms with Gasteiger partial charge in [0.25, 0.3) is 0 Å². The molecule has 1 aromatic heterocycles. The molecule has 0 aliphatic carbocycles. The molecule has 11 nitrogen and oxygen atoms in total. The Labute approximate surface area is 167 Å². The minimum atomic E-state index is -2.31. The van der Waals surface area contributed by atoms with E-state index in [0.29, 0.717) is 0 Å². The first-order valence-electron chi connectivity index (χ1n) is 8.11. The molecule has 1 fully saturated rings. The normalized spacial score (nSPS) is 26.0. The number of ether oxygens (including phenoxy) is 2. The van der Waals surface area contributed by atoms with Gasteiger partial charge in [-0.15, -0.1) is 0 Å². The lowest BCUT2D eigenvalue weighted by atomic mass is 10.1. The van der Waals surface area contributed by atoms with Gasteiger partial charge in [-0.1, -0.05) is 22.8 Å². The fourth-order valence-electron chi connectivity index (χ4n) is 2.75. The van der Waals surface area contributed by atoms with Gasteiger partial charge in [0, 0.05) is 16.1 Å². The van der Waals surface area contributed by atoms with Crippen molar-refractivity contribution < 1.29 is 23.8 Å². The highest BCUT2D eigenvalue weighted by Gasteiger charge is 2.57. The summed E-state index contributed by atoms with van der Waals surface area (Å²) < 4.78 is 25.9. The average Bonchev–Trinajstić information content (AvgIpc) is 2.92. The van der Waals surface area contributed by atoms with Gasteiger partial charge in [0.2, 0.25) is 5.72 Å². The van der Waals surface area contributed by atoms with E-state index in [1.807, 2.05) is 0 Å². The number of benzene rings is 1. The van der Waals surface area contributed by atoms with Crippen molar-refractivity contribution in [3.05, 3.63) is 68.0 Å². The number of esters is 1. The van der Waals surface area contributed by atoms with E-state index in [9.17, 15) is 19.1 Å². The van der Waals surface area contributed by atoms with Crippen molar-refractivity contribution in [3.63, 3.8) is 0 Å². The standard InChI is InChI=1S/C16H14ClFN6O5/c17-9-3-1-2-8(6-9)14(26)28-7-16(22-23-20)12(25)11(18)13(29-16)24-5-4-10(19)21-15(24)27/h1-6,11-13,25H,7H2,(H2,19,21,27)/t11-,12-,13+,16+/m0/s1. The third-order valence-electron chi connectivity index (χ3n) is 4.17. The number of halogens is 2. The summed E-state index contributed by atoms with van der Waals surface area (Å²) in [7, 11) is 0. The molecule has 3 rings (SSSR count). The molecule has 13 heteroatoms. The number of carbonyl (C=O) groups is 1. The van der Waals surface area contributed by atoms with Crippen molar-refractivity contribution in [3.8, 4) is 0 Å².